The quantitative estimate of drug-likeness (QED) is 0.386. The smallest absolute Gasteiger partial charge is 0.00523 e. The van der Waals surface area contributed by atoms with Gasteiger partial charge >= 0.3 is 52.8 Å². The zero-order valence-corrected chi connectivity index (χ0v) is 17.3. The van der Waals surface area contributed by atoms with Crippen molar-refractivity contribution in [3.8, 4) is 0 Å². The van der Waals surface area contributed by atoms with Crippen molar-refractivity contribution in [1.29, 1.82) is 0 Å². The first-order valence-electron chi connectivity index (χ1n) is 0. The molecule has 0 nitrogen and oxygen atoms in total. The molecule has 0 aliphatic heterocycles. The van der Waals surface area contributed by atoms with Gasteiger partial charge in [0.1, 0.15) is 0 Å². The average molecular weight is 256 g/mol. The third-order valence-electron chi connectivity index (χ3n) is 0. The molecule has 0 heterocycles. The molecule has 4 heavy (non-hydrogen) atoms. The van der Waals surface area contributed by atoms with Crippen molar-refractivity contribution in [1.82, 2.24) is 0 Å². The third-order valence-corrected chi connectivity index (χ3v) is 0. The fraction of sp³-hybridized carbons (Fsp3) is 0. The van der Waals surface area contributed by atoms with E-state index in [1.807, 2.05) is 0 Å². The molecule has 4 heteroatoms. The molecule has 0 saturated heterocycles. The van der Waals surface area contributed by atoms with Crippen molar-refractivity contribution < 1.29 is 0 Å². The fourth-order valence-electron chi connectivity index (χ4n) is 0. The summed E-state index contributed by atoms with van der Waals surface area (Å²) in [6.45, 7) is 0. The van der Waals surface area contributed by atoms with E-state index in [4.69, 9.17) is 0 Å². The molecular formula is H10Ge3Si. The van der Waals surface area contributed by atoms with Crippen LogP contribution in [-0.2, 0) is 0 Å². The summed E-state index contributed by atoms with van der Waals surface area (Å²) in [6, 6.07) is 0. The Morgan fingerprint density at radius 1 is 0.500 bits per heavy atom. The zero-order valence-electron chi connectivity index (χ0n) is 3.58. The van der Waals surface area contributed by atoms with Crippen LogP contribution >= 0.6 is 0 Å². The molecule has 0 spiro atoms. The zero-order chi connectivity index (χ0) is 0. The molecule has 0 rings (SSSR count). The van der Waals surface area contributed by atoms with Gasteiger partial charge < -0.3 is 0 Å². The van der Waals surface area contributed by atoms with Gasteiger partial charge in [0, 0.05) is 0 Å². The van der Waals surface area contributed by atoms with Crippen molar-refractivity contribution >= 4 is 63.8 Å². The van der Waals surface area contributed by atoms with Gasteiger partial charge in [-0.1, -0.05) is 0 Å². The van der Waals surface area contributed by atoms with E-state index >= 15 is 0 Å². The van der Waals surface area contributed by atoms with Gasteiger partial charge in [-0.15, -0.1) is 0 Å². The molecule has 0 aromatic carbocycles. The molecule has 6 radical (unpaired) electrons. The van der Waals surface area contributed by atoms with Crippen molar-refractivity contribution in [2.24, 2.45) is 0 Å². The summed E-state index contributed by atoms with van der Waals surface area (Å²) >= 11 is 0. The van der Waals surface area contributed by atoms with Crippen LogP contribution in [0.15, 0.2) is 0 Å². The number of rotatable bonds is 0. The monoisotopic (exact) mass is 260 g/mol. The SMILES string of the molecule is [GeH3].[GeH3].[GeH3].[SiH]. The van der Waals surface area contributed by atoms with Crippen LogP contribution in [0.2, 0.25) is 0 Å². The van der Waals surface area contributed by atoms with Gasteiger partial charge in [0.05, 0.1) is 0 Å². The second kappa shape index (κ2) is 21.0. The largest absolute Gasteiger partial charge is 0.00523 e. The topological polar surface area (TPSA) is 0 Å². The summed E-state index contributed by atoms with van der Waals surface area (Å²) in [4.78, 5) is 0. The summed E-state index contributed by atoms with van der Waals surface area (Å²) in [7, 11) is 0. The summed E-state index contributed by atoms with van der Waals surface area (Å²) in [5, 5.41) is 0. The van der Waals surface area contributed by atoms with Gasteiger partial charge in [0.25, 0.3) is 0 Å². The van der Waals surface area contributed by atoms with Gasteiger partial charge in [-0.2, -0.15) is 0 Å². The molecule has 0 amide bonds. The Hall–Kier alpha value is 1.85. The van der Waals surface area contributed by atoms with E-state index in [1.54, 1.807) is 0 Å². The molecule has 0 aromatic heterocycles. The summed E-state index contributed by atoms with van der Waals surface area (Å²) in [5.41, 5.74) is 0. The van der Waals surface area contributed by atoms with Gasteiger partial charge in [-0.25, -0.2) is 0 Å². The van der Waals surface area contributed by atoms with Gasteiger partial charge in [0.15, 0.2) is 0 Å². The van der Waals surface area contributed by atoms with Crippen LogP contribution < -0.4 is 0 Å². The van der Waals surface area contributed by atoms with Crippen LogP contribution in [-0.4, -0.2) is 63.8 Å². The first-order chi connectivity index (χ1) is 0. The van der Waals surface area contributed by atoms with E-state index in [0.717, 1.165) is 0 Å². The predicted octanol–water partition coefficient (Wildman–Crippen LogP) is -4.20. The first-order valence-corrected chi connectivity index (χ1v) is 0. The average Bonchev–Trinajstić information content (AvgIpc) is 0. The van der Waals surface area contributed by atoms with E-state index in [1.165, 1.54) is 0 Å². The minimum atomic E-state index is 0. The van der Waals surface area contributed by atoms with E-state index in [2.05, 4.69) is 0 Å². The molecule has 0 atom stereocenters. The Morgan fingerprint density at radius 3 is 0.500 bits per heavy atom. The maximum Gasteiger partial charge on any atom is -0.00523 e. The van der Waals surface area contributed by atoms with E-state index in [-0.39, 0.29) is 63.8 Å². The van der Waals surface area contributed by atoms with Gasteiger partial charge in [0.2, 0.25) is 0 Å². The van der Waals surface area contributed by atoms with Crippen molar-refractivity contribution in [2.75, 3.05) is 0 Å². The van der Waals surface area contributed by atoms with Crippen LogP contribution in [0.3, 0.4) is 0 Å². The van der Waals surface area contributed by atoms with Crippen LogP contribution in [0, 0.1) is 0 Å². The summed E-state index contributed by atoms with van der Waals surface area (Å²) in [6.07, 6.45) is 0. The Labute approximate surface area is 63.4 Å². The van der Waals surface area contributed by atoms with Crippen LogP contribution in [0.4, 0.5) is 0 Å². The standard InChI is InChI=1S/3GeH3.HSi/h3*1H3;1H. The molecule has 0 aromatic rings. The molecule has 26 valence electrons. The van der Waals surface area contributed by atoms with Crippen LogP contribution in [0.5, 0.6) is 0 Å². The Bertz CT molecular complexity index is 3.25. The van der Waals surface area contributed by atoms with Crippen LogP contribution in [0.25, 0.3) is 0 Å². The van der Waals surface area contributed by atoms with E-state index < -0.39 is 0 Å². The molecule has 0 saturated carbocycles. The Morgan fingerprint density at radius 2 is 0.500 bits per heavy atom. The maximum absolute atomic E-state index is 0. The van der Waals surface area contributed by atoms with Gasteiger partial charge in [-0.3, -0.25) is 0 Å². The molecule has 0 aliphatic rings. The van der Waals surface area contributed by atoms with Crippen LogP contribution in [0.1, 0.15) is 0 Å². The van der Waals surface area contributed by atoms with Crippen molar-refractivity contribution in [3.63, 3.8) is 0 Å². The molecule has 0 aliphatic carbocycles. The molecule has 0 bridgehead atoms. The summed E-state index contributed by atoms with van der Waals surface area (Å²) in [5.74, 6) is 0. The fourth-order valence-corrected chi connectivity index (χ4v) is 0. The second-order valence-electron chi connectivity index (χ2n) is 0. The minimum absolute atomic E-state index is 0. The van der Waals surface area contributed by atoms with Crippen molar-refractivity contribution in [2.45, 2.75) is 0 Å². The molecule has 0 unspecified atom stereocenters. The normalized spacial score (nSPS) is 0. The Kier molecular flexibility index (Phi) is 212. The summed E-state index contributed by atoms with van der Waals surface area (Å²) < 4.78 is 0. The van der Waals surface area contributed by atoms with Gasteiger partial charge in [-0.05, 0) is 11.0 Å². The maximum atomic E-state index is 0. The predicted molar refractivity (Wildman–Crippen MR) is 37.0 cm³/mol. The van der Waals surface area contributed by atoms with E-state index in [9.17, 15) is 0 Å². The Balaban J connectivity index is 0. The third kappa shape index (κ3) is 9.14. The van der Waals surface area contributed by atoms with E-state index in [0.29, 0.717) is 0 Å². The molecule has 0 N–H and O–H groups in total. The van der Waals surface area contributed by atoms with Crippen molar-refractivity contribution in [3.05, 3.63) is 0 Å². The molecular weight excluding hydrogens is 246 g/mol. The molecule has 0 fully saturated rings. The number of hydrogen-bond donors (Lipinski definition) is 0. The second-order valence-corrected chi connectivity index (χ2v) is 0. The number of hydrogen-bond acceptors (Lipinski definition) is 0. The minimum Gasteiger partial charge on any atom is -0.00523 e. The first kappa shape index (κ1) is 40.3.